The van der Waals surface area contributed by atoms with Gasteiger partial charge in [0, 0.05) is 19.0 Å². The summed E-state index contributed by atoms with van der Waals surface area (Å²) in [4.78, 5) is 36.0. The molecule has 26 heavy (non-hydrogen) atoms. The van der Waals surface area contributed by atoms with E-state index < -0.39 is 22.6 Å². The van der Waals surface area contributed by atoms with E-state index >= 15 is 0 Å². The molecule has 1 atom stereocenters. The van der Waals surface area contributed by atoms with Gasteiger partial charge < -0.3 is 4.90 Å². The average molecular weight is 358 g/mol. The number of carbonyl (C=O) groups excluding carboxylic acids is 2. The highest BCUT2D eigenvalue weighted by molar-refractivity contribution is 6.00. The lowest BCUT2D eigenvalue weighted by Crippen LogP contribution is -2.36. The first-order chi connectivity index (χ1) is 12.5. The molecule has 1 heterocycles. The Morgan fingerprint density at radius 2 is 1.88 bits per heavy atom. The minimum Gasteiger partial charge on any atom is -0.309 e. The van der Waals surface area contributed by atoms with Crippen LogP contribution < -0.4 is 15.8 Å². The van der Waals surface area contributed by atoms with Gasteiger partial charge in [0.25, 0.3) is 5.69 Å². The second-order valence-electron chi connectivity index (χ2n) is 5.75. The normalized spacial score (nSPS) is 16.4. The molecule has 0 aromatic heterocycles. The lowest BCUT2D eigenvalue weighted by molar-refractivity contribution is -0.384. The lowest BCUT2D eigenvalue weighted by Gasteiger charge is -2.17. The molecule has 1 saturated heterocycles. The van der Waals surface area contributed by atoms with Gasteiger partial charge in [-0.25, -0.2) is 4.39 Å². The van der Waals surface area contributed by atoms with Crippen molar-refractivity contribution in [2.75, 3.05) is 16.9 Å². The van der Waals surface area contributed by atoms with Gasteiger partial charge in [-0.2, -0.15) is 0 Å². The monoisotopic (exact) mass is 358 g/mol. The van der Waals surface area contributed by atoms with Gasteiger partial charge in [-0.1, -0.05) is 24.3 Å². The summed E-state index contributed by atoms with van der Waals surface area (Å²) in [6.45, 7) is 0.0319. The number of hydrogen-bond donors (Lipinski definition) is 2. The van der Waals surface area contributed by atoms with Gasteiger partial charge in [0.1, 0.15) is 11.5 Å². The number of nitro groups is 1. The van der Waals surface area contributed by atoms with Gasteiger partial charge in [-0.15, -0.1) is 0 Å². The van der Waals surface area contributed by atoms with E-state index in [-0.39, 0.29) is 35.9 Å². The van der Waals surface area contributed by atoms with Crippen LogP contribution in [0.4, 0.5) is 21.5 Å². The number of anilines is 2. The van der Waals surface area contributed by atoms with Crippen LogP contribution in [0.2, 0.25) is 0 Å². The van der Waals surface area contributed by atoms with Crippen molar-refractivity contribution in [1.29, 1.82) is 0 Å². The van der Waals surface area contributed by atoms with Crippen LogP contribution in [0.5, 0.6) is 0 Å². The molecule has 0 radical (unpaired) electrons. The zero-order chi connectivity index (χ0) is 18.7. The molecule has 1 fully saturated rings. The molecule has 0 aliphatic carbocycles. The van der Waals surface area contributed by atoms with Crippen molar-refractivity contribution >= 4 is 28.9 Å². The summed E-state index contributed by atoms with van der Waals surface area (Å²) >= 11 is 0. The van der Waals surface area contributed by atoms with Crippen LogP contribution in [0.3, 0.4) is 0 Å². The van der Waals surface area contributed by atoms with Crippen LogP contribution >= 0.6 is 0 Å². The smallest absolute Gasteiger partial charge is 0.294 e. The van der Waals surface area contributed by atoms with Crippen molar-refractivity contribution in [1.82, 2.24) is 5.43 Å². The maximum absolute atomic E-state index is 13.9. The topological polar surface area (TPSA) is 105 Å². The summed E-state index contributed by atoms with van der Waals surface area (Å²) < 4.78 is 13.9. The van der Waals surface area contributed by atoms with E-state index in [4.69, 9.17) is 0 Å². The molecule has 3 rings (SSSR count). The predicted molar refractivity (Wildman–Crippen MR) is 91.7 cm³/mol. The molecule has 2 aromatic carbocycles. The van der Waals surface area contributed by atoms with E-state index in [1.165, 1.54) is 41.3 Å². The largest absolute Gasteiger partial charge is 0.309 e. The minimum atomic E-state index is -0.697. The Labute approximate surface area is 147 Å². The summed E-state index contributed by atoms with van der Waals surface area (Å²) in [5.41, 5.74) is 4.94. The van der Waals surface area contributed by atoms with Crippen LogP contribution in [0, 0.1) is 21.8 Å². The zero-order valence-corrected chi connectivity index (χ0v) is 13.5. The standard InChI is InChI=1S/C17H15FN4O4/c18-12-5-1-3-7-14(12)21-10-11(9-16(21)23)17(24)20-19-13-6-2-4-8-15(13)22(25)26/h1-8,11,19H,9-10H2,(H,20,24). The van der Waals surface area contributed by atoms with E-state index in [2.05, 4.69) is 10.9 Å². The highest BCUT2D eigenvalue weighted by Gasteiger charge is 2.36. The lowest BCUT2D eigenvalue weighted by atomic mass is 10.1. The average Bonchev–Trinajstić information content (AvgIpc) is 3.02. The molecule has 134 valence electrons. The van der Waals surface area contributed by atoms with Gasteiger partial charge in [0.05, 0.1) is 16.5 Å². The third-order valence-electron chi connectivity index (χ3n) is 4.06. The third-order valence-corrected chi connectivity index (χ3v) is 4.06. The zero-order valence-electron chi connectivity index (χ0n) is 13.5. The SMILES string of the molecule is O=C(NNc1ccccc1[N+](=O)[O-])C1CC(=O)N(c2ccccc2F)C1. The van der Waals surface area contributed by atoms with Crippen LogP contribution in [-0.2, 0) is 9.59 Å². The number of benzene rings is 2. The predicted octanol–water partition coefficient (Wildman–Crippen LogP) is 2.23. The van der Waals surface area contributed by atoms with E-state index in [0.717, 1.165) is 0 Å². The quantitative estimate of drug-likeness (QED) is 0.630. The third kappa shape index (κ3) is 3.46. The second kappa shape index (κ2) is 7.18. The van der Waals surface area contributed by atoms with Gasteiger partial charge >= 0.3 is 0 Å². The molecule has 8 nitrogen and oxygen atoms in total. The number of hydrazine groups is 1. The molecule has 9 heteroatoms. The summed E-state index contributed by atoms with van der Waals surface area (Å²) in [6, 6.07) is 11.7. The first kappa shape index (κ1) is 17.3. The number of amides is 2. The van der Waals surface area contributed by atoms with Crippen molar-refractivity contribution in [3.63, 3.8) is 0 Å². The Bertz CT molecular complexity index is 873. The molecular formula is C17H15FN4O4. The molecule has 2 aromatic rings. The van der Waals surface area contributed by atoms with E-state index in [1.54, 1.807) is 12.1 Å². The number of carbonyl (C=O) groups is 2. The number of hydrogen-bond acceptors (Lipinski definition) is 5. The van der Waals surface area contributed by atoms with Crippen molar-refractivity contribution in [3.8, 4) is 0 Å². The summed E-state index contributed by atoms with van der Waals surface area (Å²) in [5, 5.41) is 11.0. The maximum Gasteiger partial charge on any atom is 0.294 e. The Kier molecular flexibility index (Phi) is 4.78. The Balaban J connectivity index is 1.66. The number of rotatable bonds is 5. The van der Waals surface area contributed by atoms with E-state index in [0.29, 0.717) is 0 Å². The maximum atomic E-state index is 13.9. The summed E-state index contributed by atoms with van der Waals surface area (Å²) in [6.07, 6.45) is -0.0707. The Hall–Kier alpha value is -3.49. The first-order valence-electron chi connectivity index (χ1n) is 7.81. The molecule has 2 amide bonds. The molecule has 0 spiro atoms. The minimum absolute atomic E-state index is 0.0319. The van der Waals surface area contributed by atoms with Gasteiger partial charge in [-0.3, -0.25) is 30.6 Å². The number of nitro benzene ring substituents is 1. The molecular weight excluding hydrogens is 343 g/mol. The molecule has 1 aliphatic heterocycles. The van der Waals surface area contributed by atoms with Crippen LogP contribution in [-0.4, -0.2) is 23.3 Å². The number of nitrogens with zero attached hydrogens (tertiary/aromatic N) is 2. The van der Waals surface area contributed by atoms with E-state index in [1.807, 2.05) is 0 Å². The fraction of sp³-hybridized carbons (Fsp3) is 0.176. The number of nitrogens with one attached hydrogen (secondary N) is 2. The van der Waals surface area contributed by atoms with Crippen molar-refractivity contribution < 1.29 is 18.9 Å². The van der Waals surface area contributed by atoms with Gasteiger partial charge in [0.15, 0.2) is 0 Å². The fourth-order valence-electron chi connectivity index (χ4n) is 2.76. The highest BCUT2D eigenvalue weighted by Crippen LogP contribution is 2.27. The number of halogens is 1. The summed E-state index contributed by atoms with van der Waals surface area (Å²) in [7, 11) is 0. The molecule has 1 aliphatic rings. The highest BCUT2D eigenvalue weighted by atomic mass is 19.1. The van der Waals surface area contributed by atoms with Crippen molar-refractivity contribution in [3.05, 3.63) is 64.5 Å². The summed E-state index contributed by atoms with van der Waals surface area (Å²) in [5.74, 6) is -2.10. The Morgan fingerprint density at radius 3 is 2.62 bits per heavy atom. The Morgan fingerprint density at radius 1 is 1.19 bits per heavy atom. The first-order valence-corrected chi connectivity index (χ1v) is 7.81. The van der Waals surface area contributed by atoms with Crippen molar-refractivity contribution in [2.24, 2.45) is 5.92 Å². The fourth-order valence-corrected chi connectivity index (χ4v) is 2.76. The van der Waals surface area contributed by atoms with E-state index in [9.17, 15) is 24.1 Å². The van der Waals surface area contributed by atoms with Crippen LogP contribution in [0.25, 0.3) is 0 Å². The molecule has 2 N–H and O–H groups in total. The molecule has 0 bridgehead atoms. The van der Waals surface area contributed by atoms with Crippen LogP contribution in [0.15, 0.2) is 48.5 Å². The van der Waals surface area contributed by atoms with Gasteiger partial charge in [-0.05, 0) is 18.2 Å². The second-order valence-corrected chi connectivity index (χ2v) is 5.75. The van der Waals surface area contributed by atoms with Crippen molar-refractivity contribution in [2.45, 2.75) is 6.42 Å². The molecule has 0 saturated carbocycles. The van der Waals surface area contributed by atoms with Crippen LogP contribution in [0.1, 0.15) is 6.42 Å². The van der Waals surface area contributed by atoms with Gasteiger partial charge in [0.2, 0.25) is 11.8 Å². The molecule has 1 unspecified atom stereocenters. The number of para-hydroxylation sites is 3.